The van der Waals surface area contributed by atoms with Crippen LogP contribution in [-0.2, 0) is 4.79 Å². The molecule has 112 valence electrons. The van der Waals surface area contributed by atoms with Crippen molar-refractivity contribution in [2.75, 3.05) is 13.2 Å². The molecule has 0 bridgehead atoms. The van der Waals surface area contributed by atoms with Crippen LogP contribution >= 0.6 is 11.6 Å². The molecule has 1 amide bonds. The number of ether oxygens (including phenoxy) is 1. The second kappa shape index (κ2) is 6.08. The van der Waals surface area contributed by atoms with Gasteiger partial charge in [0, 0.05) is 23.0 Å². The molecule has 0 saturated heterocycles. The molecule has 1 aliphatic carbocycles. The summed E-state index contributed by atoms with van der Waals surface area (Å²) in [4.78, 5) is 12.2. The van der Waals surface area contributed by atoms with Gasteiger partial charge in [0.05, 0.1) is 11.7 Å². The fraction of sp³-hybridized carbons (Fsp3) is 0.438. The molecule has 0 aromatic heterocycles. The molecular weight excluding hydrogens is 290 g/mol. The molecule has 2 atom stereocenters. The van der Waals surface area contributed by atoms with Gasteiger partial charge >= 0.3 is 0 Å². The molecule has 5 heteroatoms. The Bertz CT molecular complexity index is 585. The van der Waals surface area contributed by atoms with Gasteiger partial charge in [0.25, 0.3) is 5.91 Å². The van der Waals surface area contributed by atoms with Gasteiger partial charge in [-0.25, -0.2) is 0 Å². The van der Waals surface area contributed by atoms with Crippen LogP contribution in [0.25, 0.3) is 6.08 Å². The molecule has 0 spiro atoms. The number of aliphatic hydroxyl groups is 1. The molecule has 0 radical (unpaired) electrons. The van der Waals surface area contributed by atoms with E-state index in [1.165, 1.54) is 0 Å². The molecule has 1 heterocycles. The molecule has 1 saturated carbocycles. The lowest BCUT2D eigenvalue weighted by molar-refractivity contribution is -0.118. The van der Waals surface area contributed by atoms with Crippen molar-refractivity contribution >= 4 is 23.6 Å². The van der Waals surface area contributed by atoms with Gasteiger partial charge in [-0.3, -0.25) is 4.79 Å². The lowest BCUT2D eigenvalue weighted by Crippen LogP contribution is -2.34. The topological polar surface area (TPSA) is 58.6 Å². The third-order valence-electron chi connectivity index (χ3n) is 4.12. The molecule has 2 unspecified atom stereocenters. The van der Waals surface area contributed by atoms with E-state index >= 15 is 0 Å². The van der Waals surface area contributed by atoms with Crippen LogP contribution in [0.3, 0.4) is 0 Å². The lowest BCUT2D eigenvalue weighted by atomic mass is 10.0. The minimum absolute atomic E-state index is 0.139. The number of carbonyl (C=O) groups excluding carboxylic acids is 1. The Labute approximate surface area is 128 Å². The molecule has 2 N–H and O–H groups in total. The second-order valence-corrected chi connectivity index (χ2v) is 6.05. The third kappa shape index (κ3) is 3.22. The van der Waals surface area contributed by atoms with Crippen LogP contribution in [0.5, 0.6) is 5.75 Å². The first-order valence-corrected chi connectivity index (χ1v) is 7.60. The summed E-state index contributed by atoms with van der Waals surface area (Å²) in [6.07, 6.45) is 4.35. The number of fused-ring (bicyclic) bond motifs is 1. The summed E-state index contributed by atoms with van der Waals surface area (Å²) < 4.78 is 5.57. The van der Waals surface area contributed by atoms with Crippen molar-refractivity contribution in [3.63, 3.8) is 0 Å². The van der Waals surface area contributed by atoms with Crippen LogP contribution < -0.4 is 10.1 Å². The van der Waals surface area contributed by atoms with E-state index in [0.717, 1.165) is 30.6 Å². The fourth-order valence-corrected chi connectivity index (χ4v) is 3.05. The van der Waals surface area contributed by atoms with Gasteiger partial charge in [0.1, 0.15) is 12.4 Å². The SMILES string of the molecule is O=C(NCC1CCCC1O)C1=Cc2cc(Cl)ccc2OC1. The monoisotopic (exact) mass is 307 g/mol. The Balaban J connectivity index is 1.65. The van der Waals surface area contributed by atoms with Crippen LogP contribution in [-0.4, -0.2) is 30.3 Å². The number of nitrogens with one attached hydrogen (secondary N) is 1. The van der Waals surface area contributed by atoms with Crippen molar-refractivity contribution in [2.24, 2.45) is 5.92 Å². The zero-order valence-electron chi connectivity index (χ0n) is 11.6. The highest BCUT2D eigenvalue weighted by atomic mass is 35.5. The van der Waals surface area contributed by atoms with Gasteiger partial charge in [-0.15, -0.1) is 0 Å². The van der Waals surface area contributed by atoms with E-state index < -0.39 is 0 Å². The Morgan fingerprint density at radius 1 is 1.43 bits per heavy atom. The highest BCUT2D eigenvalue weighted by Crippen LogP contribution is 2.29. The maximum atomic E-state index is 12.2. The summed E-state index contributed by atoms with van der Waals surface area (Å²) in [5.41, 5.74) is 1.40. The number of rotatable bonds is 3. The number of hydrogen-bond acceptors (Lipinski definition) is 3. The van der Waals surface area contributed by atoms with E-state index in [0.29, 0.717) is 17.1 Å². The van der Waals surface area contributed by atoms with Crippen LogP contribution in [0.1, 0.15) is 24.8 Å². The van der Waals surface area contributed by atoms with Crippen LogP contribution in [0, 0.1) is 5.92 Å². The van der Waals surface area contributed by atoms with E-state index in [2.05, 4.69) is 5.32 Å². The standard InChI is InChI=1S/C16H18ClNO3/c17-13-4-5-15-11(7-13)6-12(9-21-15)16(20)18-8-10-2-1-3-14(10)19/h4-7,10,14,19H,1-3,8-9H2,(H,18,20). The quantitative estimate of drug-likeness (QED) is 0.901. The summed E-state index contributed by atoms with van der Waals surface area (Å²) in [5.74, 6) is 0.766. The summed E-state index contributed by atoms with van der Waals surface area (Å²) in [7, 11) is 0. The molecule has 1 aliphatic heterocycles. The number of amides is 1. The molecule has 21 heavy (non-hydrogen) atoms. The van der Waals surface area contributed by atoms with Gasteiger partial charge in [-0.05, 0) is 37.1 Å². The van der Waals surface area contributed by atoms with E-state index in [9.17, 15) is 9.90 Å². The number of carbonyl (C=O) groups is 1. The smallest absolute Gasteiger partial charge is 0.250 e. The first-order valence-electron chi connectivity index (χ1n) is 7.22. The average Bonchev–Trinajstić information content (AvgIpc) is 2.89. The largest absolute Gasteiger partial charge is 0.488 e. The van der Waals surface area contributed by atoms with E-state index in [-0.39, 0.29) is 24.5 Å². The highest BCUT2D eigenvalue weighted by Gasteiger charge is 2.26. The molecule has 1 aromatic rings. The van der Waals surface area contributed by atoms with E-state index in [1.54, 1.807) is 18.2 Å². The Kier molecular flexibility index (Phi) is 4.17. The predicted octanol–water partition coefficient (Wildman–Crippen LogP) is 2.39. The van der Waals surface area contributed by atoms with Crippen molar-refractivity contribution in [1.29, 1.82) is 0 Å². The Morgan fingerprint density at radius 2 is 2.29 bits per heavy atom. The molecular formula is C16H18ClNO3. The van der Waals surface area contributed by atoms with Crippen LogP contribution in [0.2, 0.25) is 5.02 Å². The van der Waals surface area contributed by atoms with Gasteiger partial charge in [-0.2, -0.15) is 0 Å². The molecule has 4 nitrogen and oxygen atoms in total. The fourth-order valence-electron chi connectivity index (χ4n) is 2.87. The number of halogens is 1. The number of benzene rings is 1. The zero-order valence-corrected chi connectivity index (χ0v) is 12.4. The van der Waals surface area contributed by atoms with Crippen LogP contribution in [0.4, 0.5) is 0 Å². The van der Waals surface area contributed by atoms with E-state index in [1.807, 2.05) is 6.08 Å². The average molecular weight is 308 g/mol. The number of hydrogen-bond donors (Lipinski definition) is 2. The van der Waals surface area contributed by atoms with Crippen molar-refractivity contribution in [2.45, 2.75) is 25.4 Å². The maximum Gasteiger partial charge on any atom is 0.250 e. The highest BCUT2D eigenvalue weighted by molar-refractivity contribution is 6.30. The van der Waals surface area contributed by atoms with Crippen molar-refractivity contribution in [1.82, 2.24) is 5.32 Å². The van der Waals surface area contributed by atoms with Gasteiger partial charge < -0.3 is 15.2 Å². The maximum absolute atomic E-state index is 12.2. The van der Waals surface area contributed by atoms with Crippen molar-refractivity contribution in [3.8, 4) is 5.75 Å². The van der Waals surface area contributed by atoms with Crippen LogP contribution in [0.15, 0.2) is 23.8 Å². The minimum Gasteiger partial charge on any atom is -0.488 e. The van der Waals surface area contributed by atoms with Crippen molar-refractivity contribution in [3.05, 3.63) is 34.4 Å². The summed E-state index contributed by atoms with van der Waals surface area (Å²) in [5, 5.41) is 13.3. The van der Waals surface area contributed by atoms with Crippen molar-refractivity contribution < 1.29 is 14.6 Å². The normalized spacial score (nSPS) is 24.0. The third-order valence-corrected chi connectivity index (χ3v) is 4.36. The summed E-state index contributed by atoms with van der Waals surface area (Å²) in [6, 6.07) is 5.35. The summed E-state index contributed by atoms with van der Waals surface area (Å²) in [6.45, 7) is 0.771. The molecule has 2 aliphatic rings. The Morgan fingerprint density at radius 3 is 3.05 bits per heavy atom. The Hall–Kier alpha value is -1.52. The predicted molar refractivity (Wildman–Crippen MR) is 81.3 cm³/mol. The summed E-state index contributed by atoms with van der Waals surface area (Å²) >= 11 is 5.95. The van der Waals surface area contributed by atoms with E-state index in [4.69, 9.17) is 16.3 Å². The molecule has 1 aromatic carbocycles. The lowest BCUT2D eigenvalue weighted by Gasteiger charge is -2.19. The zero-order chi connectivity index (χ0) is 14.8. The first-order chi connectivity index (χ1) is 10.1. The minimum atomic E-state index is -0.290. The first kappa shape index (κ1) is 14.4. The van der Waals surface area contributed by atoms with Gasteiger partial charge in [0.2, 0.25) is 0 Å². The second-order valence-electron chi connectivity index (χ2n) is 5.61. The number of aliphatic hydroxyl groups excluding tert-OH is 1. The van der Waals surface area contributed by atoms with Gasteiger partial charge in [0.15, 0.2) is 0 Å². The molecule has 3 rings (SSSR count). The van der Waals surface area contributed by atoms with Gasteiger partial charge in [-0.1, -0.05) is 18.0 Å². The molecule has 1 fully saturated rings.